The van der Waals surface area contributed by atoms with Crippen LogP contribution in [-0.4, -0.2) is 29.7 Å². The minimum absolute atomic E-state index is 0.0780. The zero-order valence-corrected chi connectivity index (χ0v) is 16.3. The number of carboxylic acid groups (broad SMARTS) is 1. The Hall–Kier alpha value is -2.98. The van der Waals surface area contributed by atoms with Gasteiger partial charge >= 0.3 is 0 Å². The highest BCUT2D eigenvalue weighted by molar-refractivity contribution is 5.97. The Morgan fingerprint density at radius 1 is 1.22 bits per heavy atom. The molecule has 0 radical (unpaired) electrons. The van der Waals surface area contributed by atoms with Gasteiger partial charge < -0.3 is 21.9 Å². The van der Waals surface area contributed by atoms with Gasteiger partial charge in [0.2, 0.25) is 5.91 Å². The van der Waals surface area contributed by atoms with Crippen LogP contribution in [0.2, 0.25) is 0 Å². The summed E-state index contributed by atoms with van der Waals surface area (Å²) in [6, 6.07) is 7.45. The summed E-state index contributed by atoms with van der Waals surface area (Å²) in [5.74, 6) is 8.37. The van der Waals surface area contributed by atoms with Gasteiger partial charge in [0, 0.05) is 18.5 Å². The van der Waals surface area contributed by atoms with E-state index in [1.165, 1.54) is 0 Å². The molecule has 0 bridgehead atoms. The van der Waals surface area contributed by atoms with E-state index in [1.807, 2.05) is 38.1 Å². The number of nitrogens with zero attached hydrogens (tertiary/aromatic N) is 2. The van der Waals surface area contributed by atoms with E-state index in [0.29, 0.717) is 18.8 Å². The van der Waals surface area contributed by atoms with Crippen LogP contribution >= 0.6 is 0 Å². The van der Waals surface area contributed by atoms with Crippen molar-refractivity contribution in [2.45, 2.75) is 46.6 Å². The highest BCUT2D eigenvalue weighted by Gasteiger charge is 2.02. The van der Waals surface area contributed by atoms with Gasteiger partial charge in [0.25, 0.3) is 6.47 Å². The molecule has 0 aliphatic heterocycles. The Bertz CT molecular complexity index is 532. The largest absolute Gasteiger partial charge is 0.483 e. The highest BCUT2D eigenvalue weighted by atomic mass is 16.3. The first kappa shape index (κ1) is 28.8. The number of benzene rings is 1. The molecule has 0 aromatic heterocycles. The molecule has 10 heteroatoms. The van der Waals surface area contributed by atoms with Crippen LogP contribution in [0.25, 0.3) is 0 Å². The number of carbonyl (C=O) groups is 2. The predicted octanol–water partition coefficient (Wildman–Crippen LogP) is 0.646. The summed E-state index contributed by atoms with van der Waals surface area (Å²) in [6.07, 6.45) is 3.59. The monoisotopic (exact) mass is 383 g/mol. The van der Waals surface area contributed by atoms with Crippen molar-refractivity contribution in [2.24, 2.45) is 33.4 Å². The average Bonchev–Trinajstić information content (AvgIpc) is 2.72. The third-order valence-electron chi connectivity index (χ3n) is 2.73. The fourth-order valence-electron chi connectivity index (χ4n) is 1.57. The van der Waals surface area contributed by atoms with E-state index in [2.05, 4.69) is 34.1 Å². The van der Waals surface area contributed by atoms with E-state index in [0.717, 1.165) is 30.3 Å². The lowest BCUT2D eigenvalue weighted by atomic mass is 10.1. The van der Waals surface area contributed by atoms with Crippen molar-refractivity contribution in [3.63, 3.8) is 0 Å². The van der Waals surface area contributed by atoms with Crippen LogP contribution < -0.4 is 28.5 Å². The molecule has 1 aromatic carbocycles. The van der Waals surface area contributed by atoms with Gasteiger partial charge in [0.15, 0.2) is 5.84 Å². The molecule has 10 nitrogen and oxygen atoms in total. The molecule has 27 heavy (non-hydrogen) atoms. The van der Waals surface area contributed by atoms with Gasteiger partial charge in [-0.1, -0.05) is 51.5 Å². The second kappa shape index (κ2) is 23.0. The van der Waals surface area contributed by atoms with Crippen molar-refractivity contribution in [1.82, 2.24) is 5.32 Å². The summed E-state index contributed by atoms with van der Waals surface area (Å²) in [6.45, 7) is 6.33. The number of unbranched alkanes of at least 4 members (excludes halogenated alkanes) is 1. The number of nitrogens with two attached hydrogens (primary N) is 4. The molecular formula is C17H33N7O3. The number of amides is 1. The number of rotatable bonds is 7. The SMILES string of the molecule is CC.CCCCC(=O)NCc1ccc(/C(N)=N/N=C\N)cc1.NN.O=CO. The normalized spacial score (nSPS) is 9.59. The Kier molecular flexibility index (Phi) is 24.6. The maximum absolute atomic E-state index is 11.5. The molecule has 10 N–H and O–H groups in total. The van der Waals surface area contributed by atoms with Gasteiger partial charge in [-0.2, -0.15) is 0 Å². The molecule has 0 spiro atoms. The summed E-state index contributed by atoms with van der Waals surface area (Å²) in [5.41, 5.74) is 12.6. The van der Waals surface area contributed by atoms with Gasteiger partial charge in [-0.15, -0.1) is 10.2 Å². The molecule has 0 aliphatic carbocycles. The van der Waals surface area contributed by atoms with E-state index in [4.69, 9.17) is 21.4 Å². The number of hydrogen-bond donors (Lipinski definition) is 6. The standard InChI is InChI=1S/C14H21N5O.C2H6.CH2O2.H4N2/c1-2-3-4-13(20)17-9-11-5-7-12(8-6-11)14(16)19-18-10-15;1-2;2-1-3;1-2/h5-8,10H,2-4,9H2,1H3,(H2,15,18)(H2,16,19)(H,17,20);1-2H3;1H,(H,2,3);1-2H2. The summed E-state index contributed by atoms with van der Waals surface area (Å²) in [5, 5.41) is 17.0. The van der Waals surface area contributed by atoms with E-state index in [9.17, 15) is 4.79 Å². The lowest BCUT2D eigenvalue weighted by Crippen LogP contribution is -2.22. The molecule has 0 unspecified atom stereocenters. The quantitative estimate of drug-likeness (QED) is 0.131. The van der Waals surface area contributed by atoms with Crippen LogP contribution in [0.1, 0.15) is 51.2 Å². The average molecular weight is 383 g/mol. The number of carbonyl (C=O) groups excluding carboxylic acids is 1. The Labute approximate surface area is 160 Å². The fourth-order valence-corrected chi connectivity index (χ4v) is 1.57. The molecule has 1 aromatic rings. The lowest BCUT2D eigenvalue weighted by molar-refractivity contribution is -0.123. The van der Waals surface area contributed by atoms with Crippen LogP contribution in [0.5, 0.6) is 0 Å². The van der Waals surface area contributed by atoms with Crippen LogP contribution in [0.15, 0.2) is 34.5 Å². The maximum atomic E-state index is 11.5. The summed E-state index contributed by atoms with van der Waals surface area (Å²) >= 11 is 0. The van der Waals surface area contributed by atoms with Crippen molar-refractivity contribution in [3.8, 4) is 0 Å². The first-order valence-electron chi connectivity index (χ1n) is 8.42. The van der Waals surface area contributed by atoms with Crippen LogP contribution in [0.4, 0.5) is 0 Å². The lowest BCUT2D eigenvalue weighted by Gasteiger charge is -2.06. The predicted molar refractivity (Wildman–Crippen MR) is 110 cm³/mol. The topological polar surface area (TPSA) is 195 Å². The molecule has 0 aliphatic rings. The second-order valence-corrected chi connectivity index (χ2v) is 4.43. The molecule has 0 fully saturated rings. The molecule has 1 rings (SSSR count). The van der Waals surface area contributed by atoms with E-state index in [1.54, 1.807) is 0 Å². The maximum Gasteiger partial charge on any atom is 0.290 e. The third kappa shape index (κ3) is 17.6. The van der Waals surface area contributed by atoms with Crippen molar-refractivity contribution < 1.29 is 14.7 Å². The molecule has 154 valence electrons. The van der Waals surface area contributed by atoms with Crippen molar-refractivity contribution in [1.29, 1.82) is 0 Å². The smallest absolute Gasteiger partial charge is 0.290 e. The van der Waals surface area contributed by atoms with Crippen molar-refractivity contribution in [2.75, 3.05) is 0 Å². The molecule has 0 heterocycles. The van der Waals surface area contributed by atoms with Gasteiger partial charge in [-0.25, -0.2) is 0 Å². The van der Waals surface area contributed by atoms with Crippen molar-refractivity contribution in [3.05, 3.63) is 35.4 Å². The van der Waals surface area contributed by atoms with Crippen LogP contribution in [0, 0.1) is 0 Å². The first-order chi connectivity index (χ1) is 13.1. The van der Waals surface area contributed by atoms with Gasteiger partial charge in [0.1, 0.15) is 6.34 Å². The molecule has 0 saturated carbocycles. The second-order valence-electron chi connectivity index (χ2n) is 4.43. The third-order valence-corrected chi connectivity index (χ3v) is 2.73. The van der Waals surface area contributed by atoms with Crippen LogP contribution in [0.3, 0.4) is 0 Å². The van der Waals surface area contributed by atoms with E-state index >= 15 is 0 Å². The number of hydrogen-bond acceptors (Lipinski definition) is 6. The van der Waals surface area contributed by atoms with Gasteiger partial charge in [-0.3, -0.25) is 21.3 Å². The van der Waals surface area contributed by atoms with Gasteiger partial charge in [0.05, 0.1) is 0 Å². The zero-order valence-electron chi connectivity index (χ0n) is 16.3. The Morgan fingerprint density at radius 3 is 2.19 bits per heavy atom. The molecule has 1 amide bonds. The first-order valence-corrected chi connectivity index (χ1v) is 8.42. The fraction of sp³-hybridized carbons (Fsp3) is 0.412. The summed E-state index contributed by atoms with van der Waals surface area (Å²) < 4.78 is 0. The number of hydrazine groups is 1. The van der Waals surface area contributed by atoms with Crippen molar-refractivity contribution >= 4 is 24.6 Å². The van der Waals surface area contributed by atoms with E-state index < -0.39 is 0 Å². The molecular weight excluding hydrogens is 350 g/mol. The molecule has 0 saturated heterocycles. The van der Waals surface area contributed by atoms with Crippen LogP contribution in [-0.2, 0) is 16.1 Å². The summed E-state index contributed by atoms with van der Waals surface area (Å²) in [4.78, 5) is 19.9. The van der Waals surface area contributed by atoms with E-state index in [-0.39, 0.29) is 12.4 Å². The zero-order chi connectivity index (χ0) is 21.5. The summed E-state index contributed by atoms with van der Waals surface area (Å²) in [7, 11) is 0. The number of nitrogens with one attached hydrogen (secondary N) is 1. The minimum atomic E-state index is -0.250. The Morgan fingerprint density at radius 2 is 1.74 bits per heavy atom. The molecule has 0 atom stereocenters. The minimum Gasteiger partial charge on any atom is -0.483 e. The number of amidine groups is 1. The highest BCUT2D eigenvalue weighted by Crippen LogP contribution is 2.05. The Balaban J connectivity index is -0.000000725. The van der Waals surface area contributed by atoms with Gasteiger partial charge in [-0.05, 0) is 12.0 Å².